The fourth-order valence-corrected chi connectivity index (χ4v) is 7.64. The largest absolute Gasteiger partial charge is 0.461 e. The van der Waals surface area contributed by atoms with Crippen LogP contribution in [-0.2, 0) is 11.0 Å². The Morgan fingerprint density at radius 2 is 1.91 bits per heavy atom. The van der Waals surface area contributed by atoms with Crippen LogP contribution in [0.15, 0.2) is 18.2 Å². The molecule has 1 amide bonds. The molecule has 3 atom stereocenters. The van der Waals surface area contributed by atoms with Crippen LogP contribution in [0.4, 0.5) is 32.8 Å². The maximum atomic E-state index is 16.8. The molecule has 7 rings (SSSR count). The van der Waals surface area contributed by atoms with E-state index in [9.17, 15) is 27.6 Å². The predicted molar refractivity (Wildman–Crippen MR) is 158 cm³/mol. The van der Waals surface area contributed by atoms with Gasteiger partial charge in [-0.2, -0.15) is 28.4 Å². The Bertz CT molecular complexity index is 1910. The number of hydrogen-bond acceptors (Lipinski definition) is 9. The number of anilines is 2. The van der Waals surface area contributed by atoms with Gasteiger partial charge >= 0.3 is 12.2 Å². The van der Waals surface area contributed by atoms with Crippen LogP contribution in [0.1, 0.15) is 36.8 Å². The maximum absolute atomic E-state index is 16.8. The lowest BCUT2D eigenvalue weighted by Gasteiger charge is -2.34. The lowest BCUT2D eigenvalue weighted by atomic mass is 9.92. The van der Waals surface area contributed by atoms with Crippen LogP contribution in [0, 0.1) is 23.0 Å². The van der Waals surface area contributed by atoms with Gasteiger partial charge in [0.2, 0.25) is 5.91 Å². The van der Waals surface area contributed by atoms with Crippen molar-refractivity contribution >= 4 is 49.1 Å². The van der Waals surface area contributed by atoms with Gasteiger partial charge in [0.1, 0.15) is 34.8 Å². The van der Waals surface area contributed by atoms with Crippen molar-refractivity contribution in [2.75, 3.05) is 37.4 Å². The van der Waals surface area contributed by atoms with Crippen molar-refractivity contribution in [3.8, 4) is 23.2 Å². The fraction of sp³-hybridized carbons (Fsp3) is 0.400. The predicted octanol–water partition coefficient (Wildman–Crippen LogP) is 5.20. The number of aromatic nitrogens is 2. The Kier molecular flexibility index (Phi) is 6.97. The number of thiophene rings is 1. The summed E-state index contributed by atoms with van der Waals surface area (Å²) in [5.41, 5.74) is 2.73. The number of nitrogens with zero attached hydrogens (tertiary/aromatic N) is 5. The molecular weight excluding hydrogens is 617 g/mol. The molecule has 3 N–H and O–H groups in total. The zero-order chi connectivity index (χ0) is 31.8. The molecular formula is C30H26F5N7O2S. The average Bonchev–Trinajstić information content (AvgIpc) is 3.64. The van der Waals surface area contributed by atoms with Crippen molar-refractivity contribution in [3.63, 3.8) is 0 Å². The molecule has 0 radical (unpaired) electrons. The SMILES string of the molecule is CN1C(=O)CC[C@@H]1COc1nc(N2CC3CCC(C2)N3)c2cc(C(F)(F)F)c(-c3ccc(F)c4sc(N)c(C#N)c34)c(F)c2n1. The lowest BCUT2D eigenvalue weighted by Crippen LogP contribution is -2.51. The van der Waals surface area contributed by atoms with Crippen LogP contribution >= 0.6 is 11.3 Å². The number of benzene rings is 2. The van der Waals surface area contributed by atoms with Gasteiger partial charge in [0.05, 0.1) is 21.9 Å². The molecule has 9 nitrogen and oxygen atoms in total. The smallest absolute Gasteiger partial charge is 0.417 e. The maximum Gasteiger partial charge on any atom is 0.417 e. The molecule has 3 aliphatic rings. The third-order valence-corrected chi connectivity index (χ3v) is 9.98. The standard InChI is InChI=1S/C30H26F5N7O2S/c1-41-15(4-7-21(41)43)12-44-29-39-25-17(28(40-29)42-10-13-2-3-14(11-42)38-13)8-19(30(33,34)35)23(24(25)32)16-5-6-20(31)26-22(16)18(9-36)27(37)45-26/h5-6,8,13-15,38H,2-4,7,10-12,37H2,1H3/t13?,14?,15-/m1/s1. The second-order valence-electron chi connectivity index (χ2n) is 11.6. The third kappa shape index (κ3) is 4.87. The second-order valence-corrected chi connectivity index (χ2v) is 12.7. The first-order valence-corrected chi connectivity index (χ1v) is 15.2. The molecule has 2 aromatic carbocycles. The molecule has 45 heavy (non-hydrogen) atoms. The summed E-state index contributed by atoms with van der Waals surface area (Å²) in [6.07, 6.45) is -2.40. The number of likely N-dealkylation sites (tertiary alicyclic amines) is 1. The van der Waals surface area contributed by atoms with E-state index in [-0.39, 0.29) is 74.1 Å². The summed E-state index contributed by atoms with van der Waals surface area (Å²) in [5, 5.41) is 12.8. The van der Waals surface area contributed by atoms with Gasteiger partial charge in [0, 0.05) is 55.0 Å². The van der Waals surface area contributed by atoms with E-state index in [0.717, 1.165) is 31.0 Å². The van der Waals surface area contributed by atoms with Crippen molar-refractivity contribution in [1.29, 1.82) is 5.26 Å². The summed E-state index contributed by atoms with van der Waals surface area (Å²) in [4.78, 5) is 24.2. The number of piperazine rings is 1. The molecule has 5 heterocycles. The monoisotopic (exact) mass is 643 g/mol. The number of alkyl halides is 3. The highest BCUT2D eigenvalue weighted by Gasteiger charge is 2.40. The Labute approximate surface area is 257 Å². The molecule has 3 aliphatic heterocycles. The summed E-state index contributed by atoms with van der Waals surface area (Å²) in [6.45, 7) is 0.878. The molecule has 4 aromatic rings. The normalized spacial score (nSPS) is 21.7. The van der Waals surface area contributed by atoms with Gasteiger partial charge in [-0.3, -0.25) is 4.79 Å². The van der Waals surface area contributed by atoms with Gasteiger partial charge in [-0.25, -0.2) is 8.78 Å². The highest BCUT2D eigenvalue weighted by atomic mass is 32.1. The Hall–Kier alpha value is -4.29. The molecule has 2 unspecified atom stereocenters. The number of halogens is 5. The van der Waals surface area contributed by atoms with E-state index < -0.39 is 34.5 Å². The minimum absolute atomic E-state index is 0.00734. The van der Waals surface area contributed by atoms with E-state index in [4.69, 9.17) is 10.5 Å². The van der Waals surface area contributed by atoms with Crippen molar-refractivity contribution < 1.29 is 31.5 Å². The number of likely N-dealkylation sites (N-methyl/N-ethyl adjacent to an activating group) is 1. The number of nitrogen functional groups attached to an aromatic ring is 1. The van der Waals surface area contributed by atoms with Crippen molar-refractivity contribution in [3.05, 3.63) is 41.0 Å². The summed E-state index contributed by atoms with van der Waals surface area (Å²) in [7, 11) is 1.65. The van der Waals surface area contributed by atoms with Crippen LogP contribution in [0.5, 0.6) is 6.01 Å². The van der Waals surface area contributed by atoms with Gasteiger partial charge in [-0.05, 0) is 37.0 Å². The number of nitriles is 1. The molecule has 0 aliphatic carbocycles. The van der Waals surface area contributed by atoms with Gasteiger partial charge < -0.3 is 25.6 Å². The van der Waals surface area contributed by atoms with E-state index in [2.05, 4.69) is 15.3 Å². The minimum Gasteiger partial charge on any atom is -0.461 e. The summed E-state index contributed by atoms with van der Waals surface area (Å²) < 4.78 is 81.8. The molecule has 2 bridgehead atoms. The van der Waals surface area contributed by atoms with Gasteiger partial charge in [0.15, 0.2) is 5.82 Å². The van der Waals surface area contributed by atoms with E-state index in [1.807, 2.05) is 11.0 Å². The molecule has 3 fully saturated rings. The number of carbonyl (C=O) groups excluding carboxylic acids is 1. The number of fused-ring (bicyclic) bond motifs is 4. The quantitative estimate of drug-likeness (QED) is 0.285. The zero-order valence-corrected chi connectivity index (χ0v) is 24.7. The van der Waals surface area contributed by atoms with Gasteiger partial charge in [-0.1, -0.05) is 6.07 Å². The second kappa shape index (κ2) is 10.7. The number of nitrogens with one attached hydrogen (secondary N) is 1. The van der Waals surface area contributed by atoms with Gasteiger partial charge in [-0.15, -0.1) is 11.3 Å². The zero-order valence-electron chi connectivity index (χ0n) is 23.8. The number of carbonyl (C=O) groups is 1. The van der Waals surface area contributed by atoms with Gasteiger partial charge in [0.25, 0.3) is 0 Å². The van der Waals surface area contributed by atoms with Crippen molar-refractivity contribution in [1.82, 2.24) is 20.2 Å². The molecule has 2 aromatic heterocycles. The molecule has 15 heteroatoms. The lowest BCUT2D eigenvalue weighted by molar-refractivity contribution is -0.137. The Morgan fingerprint density at radius 1 is 1.18 bits per heavy atom. The Balaban J connectivity index is 1.46. The van der Waals surface area contributed by atoms with Crippen molar-refractivity contribution in [2.45, 2.75) is 50.0 Å². The Morgan fingerprint density at radius 3 is 2.56 bits per heavy atom. The van der Waals surface area contributed by atoms with Crippen LogP contribution in [-0.4, -0.2) is 65.6 Å². The van der Waals surface area contributed by atoms with Crippen LogP contribution in [0.25, 0.3) is 32.1 Å². The first-order valence-electron chi connectivity index (χ1n) is 14.4. The van der Waals surface area contributed by atoms with E-state index in [1.165, 1.54) is 0 Å². The number of amides is 1. The van der Waals surface area contributed by atoms with Crippen LogP contribution in [0.3, 0.4) is 0 Å². The van der Waals surface area contributed by atoms with E-state index >= 15 is 4.39 Å². The average molecular weight is 644 g/mol. The van der Waals surface area contributed by atoms with Crippen molar-refractivity contribution in [2.24, 2.45) is 0 Å². The number of nitrogens with two attached hydrogens (primary N) is 1. The minimum atomic E-state index is -5.05. The number of rotatable bonds is 5. The highest BCUT2D eigenvalue weighted by molar-refractivity contribution is 7.23. The topological polar surface area (TPSA) is 120 Å². The molecule has 3 saturated heterocycles. The number of ether oxygens (including phenoxy) is 1. The van der Waals surface area contributed by atoms with E-state index in [0.29, 0.717) is 37.3 Å². The highest BCUT2D eigenvalue weighted by Crippen LogP contribution is 2.48. The summed E-state index contributed by atoms with van der Waals surface area (Å²) in [5.74, 6) is -2.07. The third-order valence-electron chi connectivity index (χ3n) is 8.95. The van der Waals surface area contributed by atoms with Crippen LogP contribution in [0.2, 0.25) is 0 Å². The van der Waals surface area contributed by atoms with Crippen LogP contribution < -0.4 is 20.7 Å². The molecule has 0 spiro atoms. The summed E-state index contributed by atoms with van der Waals surface area (Å²) in [6, 6.07) is 4.24. The molecule has 234 valence electrons. The fourth-order valence-electron chi connectivity index (χ4n) is 6.69. The first-order chi connectivity index (χ1) is 21.4. The number of hydrogen-bond donors (Lipinski definition) is 2. The summed E-state index contributed by atoms with van der Waals surface area (Å²) >= 11 is 0.701. The van der Waals surface area contributed by atoms with E-state index in [1.54, 1.807) is 11.9 Å². The first kappa shape index (κ1) is 29.4. The molecule has 0 saturated carbocycles.